The summed E-state index contributed by atoms with van der Waals surface area (Å²) in [6, 6.07) is 3.49. The van der Waals surface area contributed by atoms with Crippen molar-refractivity contribution in [3.8, 4) is 22.9 Å². The molecule has 0 aliphatic rings. The first-order chi connectivity index (χ1) is 10.2. The van der Waals surface area contributed by atoms with E-state index in [4.69, 9.17) is 25.6 Å². The minimum Gasteiger partial charge on any atom is -0.493 e. The van der Waals surface area contributed by atoms with Gasteiger partial charge in [0.2, 0.25) is 11.7 Å². The van der Waals surface area contributed by atoms with Crippen molar-refractivity contribution < 1.29 is 14.0 Å². The highest BCUT2D eigenvalue weighted by atomic mass is 35.5. The Labute approximate surface area is 128 Å². The van der Waals surface area contributed by atoms with Gasteiger partial charge in [0.1, 0.15) is 0 Å². The second kappa shape index (κ2) is 7.28. The SMILES string of the molecule is CCNCCc1nc(-c2cc(Cl)c(OC)c(OC)c2)no1. The minimum absolute atomic E-state index is 0.436. The number of rotatable bonds is 7. The molecule has 1 aromatic heterocycles. The summed E-state index contributed by atoms with van der Waals surface area (Å²) in [7, 11) is 3.09. The van der Waals surface area contributed by atoms with E-state index in [1.807, 2.05) is 6.92 Å². The van der Waals surface area contributed by atoms with Gasteiger partial charge in [-0.1, -0.05) is 23.7 Å². The molecular formula is C14H18ClN3O3. The van der Waals surface area contributed by atoms with Crippen LogP contribution in [0, 0.1) is 0 Å². The van der Waals surface area contributed by atoms with Crippen LogP contribution < -0.4 is 14.8 Å². The lowest BCUT2D eigenvalue weighted by Crippen LogP contribution is -2.16. The highest BCUT2D eigenvalue weighted by molar-refractivity contribution is 6.32. The molecule has 0 amide bonds. The molecule has 7 heteroatoms. The maximum absolute atomic E-state index is 6.17. The second-order valence-electron chi connectivity index (χ2n) is 4.31. The van der Waals surface area contributed by atoms with Crippen LogP contribution in [0.1, 0.15) is 12.8 Å². The molecule has 21 heavy (non-hydrogen) atoms. The number of ether oxygens (including phenoxy) is 2. The van der Waals surface area contributed by atoms with Crippen LogP contribution in [0.25, 0.3) is 11.4 Å². The van der Waals surface area contributed by atoms with Crippen molar-refractivity contribution in [2.75, 3.05) is 27.3 Å². The largest absolute Gasteiger partial charge is 0.493 e. The predicted octanol–water partition coefficient (Wildman–Crippen LogP) is 2.56. The normalized spacial score (nSPS) is 10.7. The average molecular weight is 312 g/mol. The van der Waals surface area contributed by atoms with E-state index in [2.05, 4.69) is 15.5 Å². The third-order valence-electron chi connectivity index (χ3n) is 2.93. The van der Waals surface area contributed by atoms with Crippen molar-refractivity contribution in [2.45, 2.75) is 13.3 Å². The van der Waals surface area contributed by atoms with Crippen molar-refractivity contribution >= 4 is 11.6 Å². The molecule has 114 valence electrons. The number of aromatic nitrogens is 2. The molecule has 2 rings (SSSR count). The van der Waals surface area contributed by atoms with E-state index in [0.29, 0.717) is 34.7 Å². The Hall–Kier alpha value is -1.79. The molecule has 0 saturated carbocycles. The zero-order valence-electron chi connectivity index (χ0n) is 12.3. The topological polar surface area (TPSA) is 69.4 Å². The molecule has 6 nitrogen and oxygen atoms in total. The van der Waals surface area contributed by atoms with Crippen LogP contribution in [0.4, 0.5) is 0 Å². The van der Waals surface area contributed by atoms with Crippen molar-refractivity contribution in [2.24, 2.45) is 0 Å². The van der Waals surface area contributed by atoms with Crippen LogP contribution in [-0.4, -0.2) is 37.4 Å². The Morgan fingerprint density at radius 3 is 2.76 bits per heavy atom. The summed E-state index contributed by atoms with van der Waals surface area (Å²) in [5, 5.41) is 7.61. The first-order valence-corrected chi connectivity index (χ1v) is 7.02. The molecule has 2 aromatic rings. The first kappa shape index (κ1) is 15.6. The van der Waals surface area contributed by atoms with Gasteiger partial charge in [-0.25, -0.2) is 0 Å². The second-order valence-corrected chi connectivity index (χ2v) is 4.72. The van der Waals surface area contributed by atoms with Crippen LogP contribution in [0.3, 0.4) is 0 Å². The van der Waals surface area contributed by atoms with E-state index in [1.165, 1.54) is 7.11 Å². The summed E-state index contributed by atoms with van der Waals surface area (Å²) in [5.74, 6) is 2.07. The highest BCUT2D eigenvalue weighted by Gasteiger charge is 2.15. The molecule has 1 N–H and O–H groups in total. The van der Waals surface area contributed by atoms with E-state index >= 15 is 0 Å². The Kier molecular flexibility index (Phi) is 5.41. The fraction of sp³-hybridized carbons (Fsp3) is 0.429. The first-order valence-electron chi connectivity index (χ1n) is 6.64. The molecule has 0 atom stereocenters. The van der Waals surface area contributed by atoms with Crippen LogP contribution in [0.15, 0.2) is 16.7 Å². The number of nitrogens with zero attached hydrogens (tertiary/aromatic N) is 2. The van der Waals surface area contributed by atoms with E-state index in [1.54, 1.807) is 19.2 Å². The van der Waals surface area contributed by atoms with Crippen LogP contribution in [0.2, 0.25) is 5.02 Å². The van der Waals surface area contributed by atoms with Gasteiger partial charge in [0, 0.05) is 18.5 Å². The van der Waals surface area contributed by atoms with Gasteiger partial charge in [0.25, 0.3) is 0 Å². The molecule has 0 aliphatic carbocycles. The van der Waals surface area contributed by atoms with E-state index in [0.717, 1.165) is 18.7 Å². The van der Waals surface area contributed by atoms with Crippen molar-refractivity contribution in [1.29, 1.82) is 0 Å². The van der Waals surface area contributed by atoms with Gasteiger partial charge < -0.3 is 19.3 Å². The highest BCUT2D eigenvalue weighted by Crippen LogP contribution is 2.38. The van der Waals surface area contributed by atoms with Crippen molar-refractivity contribution in [1.82, 2.24) is 15.5 Å². The molecule has 0 bridgehead atoms. The Morgan fingerprint density at radius 1 is 1.29 bits per heavy atom. The van der Waals surface area contributed by atoms with Crippen LogP contribution in [0.5, 0.6) is 11.5 Å². The van der Waals surface area contributed by atoms with Gasteiger partial charge in [0.05, 0.1) is 19.2 Å². The number of methoxy groups -OCH3 is 2. The van der Waals surface area contributed by atoms with E-state index < -0.39 is 0 Å². The van der Waals surface area contributed by atoms with Gasteiger partial charge in [-0.2, -0.15) is 4.98 Å². The minimum atomic E-state index is 0.436. The lowest BCUT2D eigenvalue weighted by molar-refractivity contribution is 0.355. The quantitative estimate of drug-likeness (QED) is 0.793. The Balaban J connectivity index is 2.24. The lowest BCUT2D eigenvalue weighted by Gasteiger charge is -2.10. The monoisotopic (exact) mass is 311 g/mol. The molecule has 0 saturated heterocycles. The molecule has 1 heterocycles. The lowest BCUT2D eigenvalue weighted by atomic mass is 10.2. The number of hydrogen-bond donors (Lipinski definition) is 1. The van der Waals surface area contributed by atoms with Crippen LogP contribution >= 0.6 is 11.6 Å². The number of benzene rings is 1. The third-order valence-corrected chi connectivity index (χ3v) is 3.21. The van der Waals surface area contributed by atoms with Gasteiger partial charge in [0.15, 0.2) is 11.5 Å². The molecule has 0 radical (unpaired) electrons. The summed E-state index contributed by atoms with van der Waals surface area (Å²) < 4.78 is 15.7. The van der Waals surface area contributed by atoms with Gasteiger partial charge in [-0.05, 0) is 18.7 Å². The predicted molar refractivity (Wildman–Crippen MR) is 80.1 cm³/mol. The summed E-state index contributed by atoms with van der Waals surface area (Å²) in [5.41, 5.74) is 0.719. The molecule has 0 aliphatic heterocycles. The van der Waals surface area contributed by atoms with Gasteiger partial charge in [-0.3, -0.25) is 0 Å². The Morgan fingerprint density at radius 2 is 2.10 bits per heavy atom. The van der Waals surface area contributed by atoms with Crippen molar-refractivity contribution in [3.63, 3.8) is 0 Å². The van der Waals surface area contributed by atoms with E-state index in [-0.39, 0.29) is 0 Å². The fourth-order valence-electron chi connectivity index (χ4n) is 1.89. The number of hydrogen-bond acceptors (Lipinski definition) is 6. The zero-order valence-corrected chi connectivity index (χ0v) is 13.0. The number of likely N-dealkylation sites (N-methyl/N-ethyl adjacent to an activating group) is 1. The van der Waals surface area contributed by atoms with E-state index in [9.17, 15) is 0 Å². The molecule has 1 aromatic carbocycles. The summed E-state index contributed by atoms with van der Waals surface area (Å²) in [4.78, 5) is 4.35. The number of halogens is 1. The maximum Gasteiger partial charge on any atom is 0.228 e. The third kappa shape index (κ3) is 3.65. The fourth-order valence-corrected chi connectivity index (χ4v) is 2.18. The molecular weight excluding hydrogens is 294 g/mol. The molecule has 0 fully saturated rings. The smallest absolute Gasteiger partial charge is 0.228 e. The standard InChI is InChI=1S/C14H18ClN3O3/c1-4-16-6-5-12-17-14(18-21-12)9-7-10(15)13(20-3)11(8-9)19-2/h7-8,16H,4-6H2,1-3H3. The van der Waals surface area contributed by atoms with Crippen molar-refractivity contribution in [3.05, 3.63) is 23.0 Å². The van der Waals surface area contributed by atoms with Gasteiger partial charge in [-0.15, -0.1) is 0 Å². The molecule has 0 spiro atoms. The molecule has 0 unspecified atom stereocenters. The van der Waals surface area contributed by atoms with Gasteiger partial charge >= 0.3 is 0 Å². The summed E-state index contributed by atoms with van der Waals surface area (Å²) in [6.07, 6.45) is 0.682. The Bertz CT molecular complexity index is 601. The average Bonchev–Trinajstić information content (AvgIpc) is 2.95. The maximum atomic E-state index is 6.17. The number of nitrogens with one attached hydrogen (secondary N) is 1. The zero-order chi connectivity index (χ0) is 15.2. The van der Waals surface area contributed by atoms with Crippen LogP contribution in [-0.2, 0) is 6.42 Å². The summed E-state index contributed by atoms with van der Waals surface area (Å²) >= 11 is 6.17. The summed E-state index contributed by atoms with van der Waals surface area (Å²) in [6.45, 7) is 3.75.